The minimum Gasteiger partial charge on any atom is -0.466 e. The zero-order valence-corrected chi connectivity index (χ0v) is 17.0. The third-order valence-electron chi connectivity index (χ3n) is 6.35. The lowest BCUT2D eigenvalue weighted by molar-refractivity contribution is -0.149. The van der Waals surface area contributed by atoms with Crippen molar-refractivity contribution in [1.82, 2.24) is 0 Å². The summed E-state index contributed by atoms with van der Waals surface area (Å²) in [6.45, 7) is 10.1. The van der Waals surface area contributed by atoms with E-state index in [0.717, 1.165) is 31.2 Å². The van der Waals surface area contributed by atoms with Gasteiger partial charge in [0.15, 0.2) is 0 Å². The molecule has 4 nitrogen and oxygen atoms in total. The van der Waals surface area contributed by atoms with Crippen LogP contribution in [0.15, 0.2) is 18.2 Å². The Morgan fingerprint density at radius 1 is 1.15 bits per heavy atom. The molecule has 1 aliphatic carbocycles. The number of carbonyl (C=O) groups excluding carboxylic acids is 1. The third-order valence-corrected chi connectivity index (χ3v) is 6.35. The van der Waals surface area contributed by atoms with Gasteiger partial charge in [0.05, 0.1) is 23.7 Å². The van der Waals surface area contributed by atoms with Crippen molar-refractivity contribution >= 4 is 18.6 Å². The van der Waals surface area contributed by atoms with Crippen molar-refractivity contribution in [1.29, 1.82) is 0 Å². The van der Waals surface area contributed by atoms with Crippen LogP contribution in [0.1, 0.15) is 71.8 Å². The number of halogens is 1. The summed E-state index contributed by atoms with van der Waals surface area (Å²) in [4.78, 5) is 11.9. The minimum absolute atomic E-state index is 0.00999. The maximum atomic E-state index is 14.5. The van der Waals surface area contributed by atoms with E-state index in [1.165, 1.54) is 6.07 Å². The van der Waals surface area contributed by atoms with Gasteiger partial charge in [-0.25, -0.2) is 4.39 Å². The van der Waals surface area contributed by atoms with Crippen LogP contribution in [0.25, 0.3) is 0 Å². The molecule has 1 saturated heterocycles. The Balaban J connectivity index is 1.73. The van der Waals surface area contributed by atoms with Gasteiger partial charge in [-0.2, -0.15) is 0 Å². The van der Waals surface area contributed by atoms with Crippen molar-refractivity contribution in [2.45, 2.75) is 77.4 Å². The average molecular weight is 376 g/mol. The summed E-state index contributed by atoms with van der Waals surface area (Å²) in [5.74, 6) is -0.0907. The summed E-state index contributed by atoms with van der Waals surface area (Å²) in [6.07, 6.45) is 3.43. The van der Waals surface area contributed by atoms with Gasteiger partial charge in [-0.15, -0.1) is 0 Å². The first kappa shape index (κ1) is 20.3. The summed E-state index contributed by atoms with van der Waals surface area (Å²) < 4.78 is 31.7. The monoisotopic (exact) mass is 376 g/mol. The van der Waals surface area contributed by atoms with E-state index >= 15 is 0 Å². The average Bonchev–Trinajstić information content (AvgIpc) is 2.83. The first-order valence-electron chi connectivity index (χ1n) is 9.96. The molecule has 1 heterocycles. The van der Waals surface area contributed by atoms with E-state index < -0.39 is 18.3 Å². The molecule has 27 heavy (non-hydrogen) atoms. The van der Waals surface area contributed by atoms with E-state index in [-0.39, 0.29) is 17.7 Å². The van der Waals surface area contributed by atoms with E-state index in [2.05, 4.69) is 0 Å². The largest absolute Gasteiger partial charge is 0.497 e. The molecule has 0 unspecified atom stereocenters. The minimum atomic E-state index is -0.703. The molecular formula is C21H30BFO4. The Bertz CT molecular complexity index is 679. The Labute approximate surface area is 161 Å². The van der Waals surface area contributed by atoms with E-state index in [1.807, 2.05) is 46.8 Å². The van der Waals surface area contributed by atoms with Crippen LogP contribution in [0.4, 0.5) is 4.39 Å². The van der Waals surface area contributed by atoms with Crippen molar-refractivity contribution < 1.29 is 23.2 Å². The number of carbonyl (C=O) groups is 1. The van der Waals surface area contributed by atoms with Gasteiger partial charge < -0.3 is 14.0 Å². The molecule has 0 aromatic heterocycles. The molecule has 0 radical (unpaired) electrons. The van der Waals surface area contributed by atoms with Crippen molar-refractivity contribution in [3.63, 3.8) is 0 Å². The SMILES string of the molecule is CCOC(=O)[C@H]1CC[C@H](c2ccc(F)c(B3OC(C)(C)C(C)(C)O3)c2)CC1. The number of hydrogen-bond donors (Lipinski definition) is 0. The Morgan fingerprint density at radius 2 is 1.74 bits per heavy atom. The summed E-state index contributed by atoms with van der Waals surface area (Å²) in [7, 11) is -0.703. The number of ether oxygens (including phenoxy) is 1. The fourth-order valence-corrected chi connectivity index (χ4v) is 3.89. The smallest absolute Gasteiger partial charge is 0.466 e. The predicted octanol–water partition coefficient (Wildman–Crippen LogP) is 3.96. The molecular weight excluding hydrogens is 346 g/mol. The molecule has 148 valence electrons. The molecule has 0 spiro atoms. The molecule has 2 fully saturated rings. The second kappa shape index (κ2) is 7.55. The van der Waals surface area contributed by atoms with E-state index in [4.69, 9.17) is 14.0 Å². The van der Waals surface area contributed by atoms with Gasteiger partial charge in [-0.3, -0.25) is 4.79 Å². The first-order valence-corrected chi connectivity index (χ1v) is 9.96. The van der Waals surface area contributed by atoms with Crippen LogP contribution in [0.2, 0.25) is 0 Å². The van der Waals surface area contributed by atoms with Crippen molar-refractivity contribution in [2.24, 2.45) is 5.92 Å². The van der Waals surface area contributed by atoms with Gasteiger partial charge >= 0.3 is 13.1 Å². The lowest BCUT2D eigenvalue weighted by Crippen LogP contribution is -2.41. The summed E-state index contributed by atoms with van der Waals surface area (Å²) in [5.41, 5.74) is 0.539. The second-order valence-corrected chi connectivity index (χ2v) is 8.67. The molecule has 0 atom stereocenters. The number of rotatable bonds is 4. The quantitative estimate of drug-likeness (QED) is 0.590. The van der Waals surface area contributed by atoms with Gasteiger partial charge in [0.1, 0.15) is 5.82 Å². The maximum absolute atomic E-state index is 14.5. The highest BCUT2D eigenvalue weighted by atomic mass is 19.1. The van der Waals surface area contributed by atoms with Crippen LogP contribution in [-0.2, 0) is 18.8 Å². The van der Waals surface area contributed by atoms with Crippen LogP contribution in [0, 0.1) is 11.7 Å². The molecule has 0 N–H and O–H groups in total. The predicted molar refractivity (Wildman–Crippen MR) is 103 cm³/mol. The molecule has 1 aliphatic heterocycles. The highest BCUT2D eigenvalue weighted by molar-refractivity contribution is 6.62. The molecule has 0 bridgehead atoms. The highest BCUT2D eigenvalue weighted by Gasteiger charge is 2.52. The lowest BCUT2D eigenvalue weighted by Gasteiger charge is -2.32. The standard InChI is InChI=1S/C21H30BFO4/c1-6-25-19(24)15-9-7-14(8-10-15)16-11-12-18(23)17(13-16)22-26-20(2,3)21(4,5)27-22/h11-15H,6-10H2,1-5H3/t14-,15-. The molecule has 1 aromatic carbocycles. The zero-order valence-electron chi connectivity index (χ0n) is 17.0. The number of benzene rings is 1. The molecule has 0 amide bonds. The van der Waals surface area contributed by atoms with Crippen LogP contribution in [-0.4, -0.2) is 30.9 Å². The summed E-state index contributed by atoms with van der Waals surface area (Å²) in [6, 6.07) is 5.24. The first-order chi connectivity index (χ1) is 12.6. The normalized spacial score (nSPS) is 26.8. The highest BCUT2D eigenvalue weighted by Crippen LogP contribution is 2.38. The molecule has 1 aromatic rings. The molecule has 6 heteroatoms. The maximum Gasteiger partial charge on any atom is 0.497 e. The van der Waals surface area contributed by atoms with Crippen molar-refractivity contribution in [3.8, 4) is 0 Å². The Hall–Kier alpha value is -1.40. The van der Waals surface area contributed by atoms with Crippen LogP contribution >= 0.6 is 0 Å². The summed E-state index contributed by atoms with van der Waals surface area (Å²) >= 11 is 0. The fraction of sp³-hybridized carbons (Fsp3) is 0.667. The van der Waals surface area contributed by atoms with Crippen LogP contribution in [0.5, 0.6) is 0 Å². The van der Waals surface area contributed by atoms with Gasteiger partial charge in [0.25, 0.3) is 0 Å². The summed E-state index contributed by atoms with van der Waals surface area (Å²) in [5, 5.41) is 0. The molecule has 2 aliphatic rings. The number of esters is 1. The Kier molecular flexibility index (Phi) is 5.69. The van der Waals surface area contributed by atoms with E-state index in [1.54, 1.807) is 0 Å². The zero-order chi connectivity index (χ0) is 19.8. The topological polar surface area (TPSA) is 44.8 Å². The van der Waals surface area contributed by atoms with E-state index in [0.29, 0.717) is 18.0 Å². The second-order valence-electron chi connectivity index (χ2n) is 8.67. The van der Waals surface area contributed by atoms with Crippen molar-refractivity contribution in [2.75, 3.05) is 6.61 Å². The third kappa shape index (κ3) is 4.07. The number of hydrogen-bond acceptors (Lipinski definition) is 4. The van der Waals surface area contributed by atoms with E-state index in [9.17, 15) is 9.18 Å². The molecule has 1 saturated carbocycles. The lowest BCUT2D eigenvalue weighted by atomic mass is 9.74. The van der Waals surface area contributed by atoms with Gasteiger partial charge in [-0.1, -0.05) is 12.1 Å². The van der Waals surface area contributed by atoms with Gasteiger partial charge in [-0.05, 0) is 77.8 Å². The Morgan fingerprint density at radius 3 is 2.30 bits per heavy atom. The van der Waals surface area contributed by atoms with Crippen LogP contribution < -0.4 is 5.46 Å². The fourth-order valence-electron chi connectivity index (χ4n) is 3.89. The molecule has 3 rings (SSSR count). The van der Waals surface area contributed by atoms with Gasteiger partial charge in [0.2, 0.25) is 0 Å². The van der Waals surface area contributed by atoms with Crippen LogP contribution in [0.3, 0.4) is 0 Å². The van der Waals surface area contributed by atoms with Gasteiger partial charge in [0, 0.05) is 5.46 Å². The van der Waals surface area contributed by atoms with Crippen molar-refractivity contribution in [3.05, 3.63) is 29.6 Å².